The Balaban J connectivity index is 3.28. The summed E-state index contributed by atoms with van der Waals surface area (Å²) in [7, 11) is 0. The molecule has 0 aromatic heterocycles. The van der Waals surface area contributed by atoms with E-state index in [4.69, 9.17) is 0 Å². The fourth-order valence-corrected chi connectivity index (χ4v) is 0.152. The average Bonchev–Trinajstić information content (AvgIpc) is 1.83. The third-order valence-electron chi connectivity index (χ3n) is 0.422. The van der Waals surface area contributed by atoms with E-state index in [0.717, 1.165) is 0 Å². The zero-order valence-electron chi connectivity index (χ0n) is 4.28. The Morgan fingerprint density at radius 3 is 2.22 bits per heavy atom. The number of hydrazine groups is 1. The van der Waals surface area contributed by atoms with Gasteiger partial charge in [-0.3, -0.25) is 10.2 Å². The molecular formula is C3H4F2N2O2. The Labute approximate surface area is 49.2 Å². The van der Waals surface area contributed by atoms with E-state index in [1.54, 1.807) is 0 Å². The van der Waals surface area contributed by atoms with Crippen LogP contribution in [0.4, 0.5) is 13.6 Å². The van der Waals surface area contributed by atoms with E-state index < -0.39 is 18.7 Å². The number of rotatable bonds is 1. The van der Waals surface area contributed by atoms with Gasteiger partial charge in [-0.25, -0.2) is 14.6 Å². The zero-order chi connectivity index (χ0) is 7.28. The molecule has 2 amide bonds. The highest BCUT2D eigenvalue weighted by molar-refractivity contribution is 5.79. The first-order valence-electron chi connectivity index (χ1n) is 1.97. The largest absolute Gasteiger partial charge is 0.416 e. The maximum absolute atomic E-state index is 11.2. The van der Waals surface area contributed by atoms with Crippen LogP contribution in [-0.2, 0) is 4.79 Å². The molecule has 0 fully saturated rings. The van der Waals surface area contributed by atoms with Crippen molar-refractivity contribution in [3.63, 3.8) is 0 Å². The quantitative estimate of drug-likeness (QED) is 0.296. The van der Waals surface area contributed by atoms with E-state index in [2.05, 4.69) is 0 Å². The molecule has 0 heterocycles. The summed E-state index contributed by atoms with van der Waals surface area (Å²) < 4.78 is 22.3. The molecule has 0 radical (unpaired) electrons. The molecule has 0 aliphatic carbocycles. The van der Waals surface area contributed by atoms with Crippen molar-refractivity contribution in [2.45, 2.75) is 0 Å². The summed E-state index contributed by atoms with van der Waals surface area (Å²) in [5.74, 6) is -1.10. The summed E-state index contributed by atoms with van der Waals surface area (Å²) in [6, 6.07) is 0. The Morgan fingerprint density at radius 2 is 1.89 bits per heavy atom. The number of halogens is 2. The van der Waals surface area contributed by atoms with Gasteiger partial charge in [0.2, 0.25) is 0 Å². The fourth-order valence-electron chi connectivity index (χ4n) is 0.152. The number of alkyl halides is 1. The minimum Gasteiger partial charge on any atom is -0.270 e. The van der Waals surface area contributed by atoms with Crippen LogP contribution >= 0.6 is 0 Å². The minimum absolute atomic E-state index is 1.10. The molecule has 6 heteroatoms. The summed E-state index contributed by atoms with van der Waals surface area (Å²) in [4.78, 5) is 19.2. The SMILES string of the molecule is O=C(F)NNC(=O)CF. The van der Waals surface area contributed by atoms with Crippen LogP contribution in [0.3, 0.4) is 0 Å². The third kappa shape index (κ3) is 4.66. The van der Waals surface area contributed by atoms with Gasteiger partial charge in [0.1, 0.15) is 0 Å². The lowest BCUT2D eigenvalue weighted by Crippen LogP contribution is -2.40. The molecule has 0 spiro atoms. The fraction of sp³-hybridized carbons (Fsp3) is 0.333. The Bertz CT molecular complexity index is 127. The van der Waals surface area contributed by atoms with Gasteiger partial charge in [-0.15, -0.1) is 4.39 Å². The van der Waals surface area contributed by atoms with E-state index >= 15 is 0 Å². The normalized spacial score (nSPS) is 8.22. The molecule has 52 valence electrons. The van der Waals surface area contributed by atoms with Crippen LogP contribution in [0.1, 0.15) is 0 Å². The molecule has 0 saturated heterocycles. The zero-order valence-corrected chi connectivity index (χ0v) is 4.28. The average molecular weight is 138 g/mol. The summed E-state index contributed by atoms with van der Waals surface area (Å²) in [6.45, 7) is -1.29. The molecule has 0 unspecified atom stereocenters. The minimum atomic E-state index is -1.93. The van der Waals surface area contributed by atoms with E-state index in [0.29, 0.717) is 0 Å². The second-order valence-electron chi connectivity index (χ2n) is 1.08. The smallest absolute Gasteiger partial charge is 0.270 e. The first-order chi connectivity index (χ1) is 4.16. The van der Waals surface area contributed by atoms with Crippen molar-refractivity contribution in [2.75, 3.05) is 6.67 Å². The first-order valence-corrected chi connectivity index (χ1v) is 1.97. The molecule has 0 rings (SSSR count). The molecule has 2 N–H and O–H groups in total. The van der Waals surface area contributed by atoms with Gasteiger partial charge in [0.25, 0.3) is 5.91 Å². The molecular weight excluding hydrogens is 134 g/mol. The van der Waals surface area contributed by atoms with E-state index in [-0.39, 0.29) is 0 Å². The van der Waals surface area contributed by atoms with Crippen molar-refractivity contribution in [2.24, 2.45) is 0 Å². The Hall–Kier alpha value is -1.20. The van der Waals surface area contributed by atoms with Crippen LogP contribution in [-0.4, -0.2) is 18.7 Å². The summed E-state index contributed by atoms with van der Waals surface area (Å²) in [5, 5.41) is 0. The number of carbonyl (C=O) groups is 2. The summed E-state index contributed by atoms with van der Waals surface area (Å²) in [6.07, 6.45) is -1.93. The first kappa shape index (κ1) is 7.80. The predicted octanol–water partition coefficient (Wildman–Crippen LogP) is -0.334. The van der Waals surface area contributed by atoms with Crippen molar-refractivity contribution < 1.29 is 18.4 Å². The molecule has 0 saturated carbocycles. The van der Waals surface area contributed by atoms with E-state index in [1.165, 1.54) is 10.9 Å². The number of hydrogen-bond acceptors (Lipinski definition) is 2. The number of nitrogens with one attached hydrogen (secondary N) is 2. The van der Waals surface area contributed by atoms with Gasteiger partial charge in [0, 0.05) is 0 Å². The number of amides is 2. The van der Waals surface area contributed by atoms with E-state index in [1.807, 2.05) is 0 Å². The van der Waals surface area contributed by atoms with Crippen molar-refractivity contribution in [3.05, 3.63) is 0 Å². The van der Waals surface area contributed by atoms with Crippen LogP contribution in [0, 0.1) is 0 Å². The lowest BCUT2D eigenvalue weighted by molar-refractivity contribution is -0.122. The molecule has 0 aliphatic rings. The monoisotopic (exact) mass is 138 g/mol. The van der Waals surface area contributed by atoms with Crippen molar-refractivity contribution in [1.82, 2.24) is 10.9 Å². The van der Waals surface area contributed by atoms with Gasteiger partial charge < -0.3 is 0 Å². The van der Waals surface area contributed by atoms with Gasteiger partial charge in [-0.1, -0.05) is 0 Å². The standard InChI is InChI=1S/C3H4F2N2O2/c4-1-2(8)6-7-3(5)9/h1H2,(H,6,8)(H,7,9). The van der Waals surface area contributed by atoms with Crippen molar-refractivity contribution >= 4 is 12.1 Å². The van der Waals surface area contributed by atoms with Crippen LogP contribution in [0.15, 0.2) is 0 Å². The Morgan fingerprint density at radius 1 is 1.33 bits per heavy atom. The highest BCUT2D eigenvalue weighted by Crippen LogP contribution is 1.67. The van der Waals surface area contributed by atoms with Gasteiger partial charge in [-0.2, -0.15) is 0 Å². The Kier molecular flexibility index (Phi) is 3.26. The summed E-state index contributed by atoms with van der Waals surface area (Å²) >= 11 is 0. The molecule has 4 nitrogen and oxygen atoms in total. The molecule has 0 aromatic rings. The lowest BCUT2D eigenvalue weighted by atomic mass is 10.7. The van der Waals surface area contributed by atoms with Crippen LogP contribution in [0.5, 0.6) is 0 Å². The molecule has 0 aliphatic heterocycles. The van der Waals surface area contributed by atoms with Crippen molar-refractivity contribution in [1.29, 1.82) is 0 Å². The lowest BCUT2D eigenvalue weighted by Gasteiger charge is -1.96. The number of carbonyl (C=O) groups excluding carboxylic acids is 2. The molecule has 0 bridgehead atoms. The van der Waals surface area contributed by atoms with Gasteiger partial charge in [0.05, 0.1) is 0 Å². The van der Waals surface area contributed by atoms with E-state index in [9.17, 15) is 18.4 Å². The maximum atomic E-state index is 11.2. The maximum Gasteiger partial charge on any atom is 0.416 e. The van der Waals surface area contributed by atoms with Crippen LogP contribution in [0.25, 0.3) is 0 Å². The summed E-state index contributed by atoms with van der Waals surface area (Å²) in [5.41, 5.74) is 2.69. The highest BCUT2D eigenvalue weighted by Gasteiger charge is 1.99. The van der Waals surface area contributed by atoms with Gasteiger partial charge in [0.15, 0.2) is 6.67 Å². The second kappa shape index (κ2) is 3.76. The highest BCUT2D eigenvalue weighted by atomic mass is 19.1. The molecule has 9 heavy (non-hydrogen) atoms. The van der Waals surface area contributed by atoms with Crippen LogP contribution < -0.4 is 10.9 Å². The van der Waals surface area contributed by atoms with Gasteiger partial charge in [-0.05, 0) is 0 Å². The predicted molar refractivity (Wildman–Crippen MR) is 23.8 cm³/mol. The van der Waals surface area contributed by atoms with Gasteiger partial charge >= 0.3 is 6.16 Å². The number of hydrogen-bond donors (Lipinski definition) is 2. The van der Waals surface area contributed by atoms with Crippen molar-refractivity contribution in [3.8, 4) is 0 Å². The topological polar surface area (TPSA) is 58.2 Å². The van der Waals surface area contributed by atoms with Crippen LogP contribution in [0.2, 0.25) is 0 Å². The molecule has 0 atom stereocenters. The second-order valence-corrected chi connectivity index (χ2v) is 1.08. The molecule has 0 aromatic carbocycles. The third-order valence-corrected chi connectivity index (χ3v) is 0.422.